The highest BCUT2D eigenvalue weighted by Gasteiger charge is 2.29. The zero-order valence-electron chi connectivity index (χ0n) is 15.4. The van der Waals surface area contributed by atoms with Gasteiger partial charge in [0.1, 0.15) is 0 Å². The Morgan fingerprint density at radius 3 is 2.63 bits per heavy atom. The van der Waals surface area contributed by atoms with Gasteiger partial charge in [0.25, 0.3) is 5.91 Å². The molecule has 1 amide bonds. The van der Waals surface area contributed by atoms with Crippen LogP contribution in [0.5, 0.6) is 0 Å². The van der Waals surface area contributed by atoms with E-state index in [0.29, 0.717) is 23.7 Å². The average Bonchev–Trinajstić information content (AvgIpc) is 3.34. The van der Waals surface area contributed by atoms with Crippen LogP contribution in [-0.2, 0) is 6.42 Å². The molecule has 144 valence electrons. The van der Waals surface area contributed by atoms with Gasteiger partial charge in [-0.1, -0.05) is 28.9 Å². The molecule has 1 unspecified atom stereocenters. The van der Waals surface area contributed by atoms with E-state index in [1.54, 1.807) is 0 Å². The molecule has 2 heterocycles. The summed E-state index contributed by atoms with van der Waals surface area (Å²) in [5, 5.41) is 9.12. The summed E-state index contributed by atoms with van der Waals surface area (Å²) in [6.07, 6.45) is 7.82. The van der Waals surface area contributed by atoms with Crippen LogP contribution in [0, 0.1) is 5.92 Å². The van der Waals surface area contributed by atoms with E-state index in [4.69, 9.17) is 17.3 Å². The first-order chi connectivity index (χ1) is 13.1. The molecule has 1 saturated carbocycles. The van der Waals surface area contributed by atoms with Gasteiger partial charge in [0.2, 0.25) is 0 Å². The molecule has 1 aromatic carbocycles. The molecule has 2 aromatic rings. The van der Waals surface area contributed by atoms with Gasteiger partial charge in [-0.2, -0.15) is 0 Å². The molecule has 6 nitrogen and oxygen atoms in total. The number of carbonyl (C=O) groups excluding carboxylic acids is 1. The van der Waals surface area contributed by atoms with E-state index in [0.717, 1.165) is 56.6 Å². The lowest BCUT2D eigenvalue weighted by Gasteiger charge is -2.25. The number of nitrogens with two attached hydrogens (primary N) is 1. The van der Waals surface area contributed by atoms with Gasteiger partial charge in [-0.3, -0.25) is 4.79 Å². The van der Waals surface area contributed by atoms with Gasteiger partial charge in [0.05, 0.1) is 12.2 Å². The number of nitrogens with zero attached hydrogens (tertiary/aromatic N) is 4. The van der Waals surface area contributed by atoms with Crippen LogP contribution in [0.2, 0.25) is 5.02 Å². The zero-order chi connectivity index (χ0) is 18.8. The maximum Gasteiger partial charge on any atom is 0.276 e. The van der Waals surface area contributed by atoms with Crippen molar-refractivity contribution in [2.24, 2.45) is 11.7 Å². The molecule has 2 aliphatic rings. The molecule has 1 atom stereocenters. The van der Waals surface area contributed by atoms with Crippen LogP contribution >= 0.6 is 11.6 Å². The second-order valence-electron chi connectivity index (χ2n) is 7.89. The summed E-state index contributed by atoms with van der Waals surface area (Å²) < 4.78 is 1.86. The Morgan fingerprint density at radius 1 is 1.15 bits per heavy atom. The number of likely N-dealkylation sites (tertiary alicyclic amines) is 1. The summed E-state index contributed by atoms with van der Waals surface area (Å²) >= 11 is 5.95. The van der Waals surface area contributed by atoms with E-state index in [-0.39, 0.29) is 5.91 Å². The molecule has 1 saturated heterocycles. The molecule has 0 bridgehead atoms. The molecule has 4 rings (SSSR count). The minimum absolute atomic E-state index is 0.00707. The van der Waals surface area contributed by atoms with Crippen molar-refractivity contribution in [2.45, 2.75) is 50.6 Å². The number of hydrogen-bond donors (Lipinski definition) is 1. The molecular formula is C20H26ClN5O. The Balaban J connectivity index is 1.34. The molecule has 1 aromatic heterocycles. The van der Waals surface area contributed by atoms with Crippen LogP contribution < -0.4 is 5.73 Å². The molecule has 1 aliphatic carbocycles. The van der Waals surface area contributed by atoms with Crippen molar-refractivity contribution in [3.05, 3.63) is 46.7 Å². The highest BCUT2D eigenvalue weighted by atomic mass is 35.5. The second-order valence-corrected chi connectivity index (χ2v) is 8.33. The van der Waals surface area contributed by atoms with Crippen molar-refractivity contribution in [1.82, 2.24) is 19.9 Å². The lowest BCUT2D eigenvalue weighted by Crippen LogP contribution is -2.29. The van der Waals surface area contributed by atoms with E-state index in [1.165, 1.54) is 5.56 Å². The van der Waals surface area contributed by atoms with Gasteiger partial charge in [-0.25, -0.2) is 4.68 Å². The van der Waals surface area contributed by atoms with Gasteiger partial charge in [0.15, 0.2) is 5.69 Å². The minimum Gasteiger partial charge on any atom is -0.337 e. The molecular weight excluding hydrogens is 362 g/mol. The molecule has 27 heavy (non-hydrogen) atoms. The average molecular weight is 388 g/mol. The lowest BCUT2D eigenvalue weighted by molar-refractivity contribution is 0.0781. The van der Waals surface area contributed by atoms with Crippen molar-refractivity contribution in [1.29, 1.82) is 0 Å². The van der Waals surface area contributed by atoms with Crippen LogP contribution in [0.3, 0.4) is 0 Å². The normalized spacial score (nSPS) is 25.7. The quantitative estimate of drug-likeness (QED) is 0.874. The van der Waals surface area contributed by atoms with E-state index >= 15 is 0 Å². The van der Waals surface area contributed by atoms with Crippen LogP contribution in [0.1, 0.15) is 54.2 Å². The Kier molecular flexibility index (Phi) is 5.45. The predicted molar refractivity (Wildman–Crippen MR) is 105 cm³/mol. The summed E-state index contributed by atoms with van der Waals surface area (Å²) in [5.74, 6) is 0.470. The van der Waals surface area contributed by atoms with Gasteiger partial charge in [0, 0.05) is 24.2 Å². The maximum atomic E-state index is 12.8. The number of amides is 1. The van der Waals surface area contributed by atoms with Crippen LogP contribution in [0.4, 0.5) is 0 Å². The maximum absolute atomic E-state index is 12.8. The summed E-state index contributed by atoms with van der Waals surface area (Å²) in [6.45, 7) is 1.55. The first kappa shape index (κ1) is 18.4. The van der Waals surface area contributed by atoms with Crippen LogP contribution in [0.25, 0.3) is 0 Å². The summed E-state index contributed by atoms with van der Waals surface area (Å²) in [4.78, 5) is 14.7. The minimum atomic E-state index is -0.00707. The molecule has 2 N–H and O–H groups in total. The Hall–Kier alpha value is -1.92. The topological polar surface area (TPSA) is 77.0 Å². The zero-order valence-corrected chi connectivity index (χ0v) is 16.2. The number of halogens is 1. The number of benzene rings is 1. The third kappa shape index (κ3) is 4.33. The second kappa shape index (κ2) is 7.98. The molecule has 7 heteroatoms. The fourth-order valence-corrected chi connectivity index (χ4v) is 4.34. The SMILES string of the molecule is NC1CCC(n2cc(C(=O)N3CCC(Cc4ccc(Cl)cc4)C3)nn2)CC1. The van der Waals surface area contributed by atoms with E-state index in [2.05, 4.69) is 22.4 Å². The smallest absolute Gasteiger partial charge is 0.276 e. The fraction of sp³-hybridized carbons (Fsp3) is 0.550. The van der Waals surface area contributed by atoms with Gasteiger partial charge >= 0.3 is 0 Å². The first-order valence-corrected chi connectivity index (χ1v) is 10.2. The third-order valence-electron chi connectivity index (χ3n) is 5.86. The highest BCUT2D eigenvalue weighted by molar-refractivity contribution is 6.30. The molecule has 0 radical (unpaired) electrons. The summed E-state index contributed by atoms with van der Waals surface area (Å²) in [6, 6.07) is 8.59. The van der Waals surface area contributed by atoms with Crippen molar-refractivity contribution in [3.8, 4) is 0 Å². The monoisotopic (exact) mass is 387 g/mol. The van der Waals surface area contributed by atoms with Crippen molar-refractivity contribution in [2.75, 3.05) is 13.1 Å². The number of carbonyl (C=O) groups is 1. The summed E-state index contributed by atoms with van der Waals surface area (Å²) in [7, 11) is 0. The number of hydrogen-bond acceptors (Lipinski definition) is 4. The molecule has 2 fully saturated rings. The summed E-state index contributed by atoms with van der Waals surface area (Å²) in [5.41, 5.74) is 7.69. The van der Waals surface area contributed by atoms with Gasteiger partial charge < -0.3 is 10.6 Å². The van der Waals surface area contributed by atoms with Crippen molar-refractivity contribution >= 4 is 17.5 Å². The van der Waals surface area contributed by atoms with Gasteiger partial charge in [-0.05, 0) is 62.1 Å². The number of rotatable bonds is 4. The van der Waals surface area contributed by atoms with Crippen LogP contribution in [-0.4, -0.2) is 44.9 Å². The van der Waals surface area contributed by atoms with E-state index in [9.17, 15) is 4.79 Å². The highest BCUT2D eigenvalue weighted by Crippen LogP contribution is 2.27. The molecule has 1 aliphatic heterocycles. The van der Waals surface area contributed by atoms with E-state index in [1.807, 2.05) is 27.9 Å². The lowest BCUT2D eigenvalue weighted by atomic mass is 9.92. The first-order valence-electron chi connectivity index (χ1n) is 9.79. The van der Waals surface area contributed by atoms with E-state index < -0.39 is 0 Å². The predicted octanol–water partition coefficient (Wildman–Crippen LogP) is 3.08. The van der Waals surface area contributed by atoms with Gasteiger partial charge in [-0.15, -0.1) is 5.10 Å². The van der Waals surface area contributed by atoms with Crippen molar-refractivity contribution < 1.29 is 4.79 Å². The van der Waals surface area contributed by atoms with Crippen LogP contribution in [0.15, 0.2) is 30.5 Å². The van der Waals surface area contributed by atoms with Crippen molar-refractivity contribution in [3.63, 3.8) is 0 Å². The number of aromatic nitrogens is 3. The Labute approximate surface area is 164 Å². The largest absolute Gasteiger partial charge is 0.337 e. The Morgan fingerprint density at radius 2 is 1.89 bits per heavy atom. The fourth-order valence-electron chi connectivity index (χ4n) is 4.22. The molecule has 0 spiro atoms. The third-order valence-corrected chi connectivity index (χ3v) is 6.11. The Bertz CT molecular complexity index is 782. The standard InChI is InChI=1S/C20H26ClN5O/c21-16-3-1-14(2-4-16)11-15-9-10-25(12-15)20(27)19-13-26(24-23-19)18-7-5-17(22)6-8-18/h1-4,13,15,17-18H,5-12,22H2.